The van der Waals surface area contributed by atoms with E-state index in [0.717, 1.165) is 17.0 Å². The standard InChI is InChI=1S/C20H19ClF2N4O/c21-16-5-1-14(2-6-16)11-27(28)13-25-20(24)26-10-9-18(19(23)12-26)15-3-7-17(22)8-4-15/h1-9,13,19,24,28H,10-12H2. The molecule has 2 aromatic carbocycles. The molecule has 1 atom stereocenters. The molecule has 1 aliphatic rings. The summed E-state index contributed by atoms with van der Waals surface area (Å²) in [4.78, 5) is 5.34. The number of aliphatic imine (C=N–C) groups is 1. The highest BCUT2D eigenvalue weighted by Crippen LogP contribution is 2.25. The Labute approximate surface area is 166 Å². The van der Waals surface area contributed by atoms with Crippen LogP contribution in [-0.2, 0) is 6.54 Å². The molecular weight excluding hydrogens is 386 g/mol. The number of hydrogen-bond acceptors (Lipinski definition) is 2. The average Bonchev–Trinajstić information content (AvgIpc) is 2.68. The first kappa shape index (κ1) is 20.0. The van der Waals surface area contributed by atoms with Crippen molar-refractivity contribution in [3.8, 4) is 0 Å². The van der Waals surface area contributed by atoms with Gasteiger partial charge in [-0.1, -0.05) is 41.9 Å². The van der Waals surface area contributed by atoms with Crippen molar-refractivity contribution in [2.24, 2.45) is 4.99 Å². The van der Waals surface area contributed by atoms with Crippen molar-refractivity contribution < 1.29 is 14.0 Å². The van der Waals surface area contributed by atoms with Crippen molar-refractivity contribution in [2.75, 3.05) is 13.1 Å². The monoisotopic (exact) mass is 404 g/mol. The Balaban J connectivity index is 1.58. The second-order valence-electron chi connectivity index (χ2n) is 6.33. The fourth-order valence-electron chi connectivity index (χ4n) is 2.84. The highest BCUT2D eigenvalue weighted by Gasteiger charge is 2.24. The quantitative estimate of drug-likeness (QED) is 0.452. The van der Waals surface area contributed by atoms with E-state index in [9.17, 15) is 14.0 Å². The second-order valence-corrected chi connectivity index (χ2v) is 6.77. The van der Waals surface area contributed by atoms with E-state index < -0.39 is 6.17 Å². The fourth-order valence-corrected chi connectivity index (χ4v) is 2.96. The van der Waals surface area contributed by atoms with Gasteiger partial charge in [-0.05, 0) is 41.0 Å². The van der Waals surface area contributed by atoms with E-state index >= 15 is 0 Å². The number of rotatable bonds is 4. The van der Waals surface area contributed by atoms with E-state index in [1.165, 1.54) is 29.2 Å². The molecule has 0 radical (unpaired) electrons. The van der Waals surface area contributed by atoms with Crippen molar-refractivity contribution in [2.45, 2.75) is 12.7 Å². The summed E-state index contributed by atoms with van der Waals surface area (Å²) in [5, 5.41) is 19.3. The van der Waals surface area contributed by atoms with Crippen molar-refractivity contribution in [1.29, 1.82) is 5.41 Å². The SMILES string of the molecule is N=C(N=CN(O)Cc1ccc(Cl)cc1)N1CC=C(c2ccc(F)cc2)C(F)C1. The van der Waals surface area contributed by atoms with E-state index in [1.54, 1.807) is 30.3 Å². The van der Waals surface area contributed by atoms with Crippen LogP contribution in [0, 0.1) is 11.2 Å². The van der Waals surface area contributed by atoms with E-state index in [4.69, 9.17) is 17.0 Å². The Morgan fingerprint density at radius 3 is 2.57 bits per heavy atom. The summed E-state index contributed by atoms with van der Waals surface area (Å²) in [6, 6.07) is 12.6. The van der Waals surface area contributed by atoms with Gasteiger partial charge in [-0.25, -0.2) is 18.8 Å². The van der Waals surface area contributed by atoms with Crippen LogP contribution in [0.2, 0.25) is 5.02 Å². The summed E-state index contributed by atoms with van der Waals surface area (Å²) >= 11 is 5.82. The third-order valence-electron chi connectivity index (χ3n) is 4.30. The number of alkyl halides is 1. The largest absolute Gasteiger partial charge is 0.334 e. The lowest BCUT2D eigenvalue weighted by molar-refractivity contribution is -0.0164. The van der Waals surface area contributed by atoms with E-state index in [1.807, 2.05) is 0 Å². The first-order valence-corrected chi connectivity index (χ1v) is 8.98. The Bertz CT molecular complexity index is 884. The van der Waals surface area contributed by atoms with Crippen LogP contribution in [0.15, 0.2) is 59.6 Å². The second kappa shape index (κ2) is 8.95. The van der Waals surface area contributed by atoms with Gasteiger partial charge in [0.2, 0.25) is 5.96 Å². The minimum Gasteiger partial charge on any atom is -0.334 e. The predicted molar refractivity (Wildman–Crippen MR) is 106 cm³/mol. The van der Waals surface area contributed by atoms with Crippen molar-refractivity contribution in [3.05, 3.63) is 76.6 Å². The molecule has 0 spiro atoms. The number of halogens is 3. The molecule has 2 N–H and O–H groups in total. The third kappa shape index (κ3) is 5.15. The van der Waals surface area contributed by atoms with Crippen LogP contribution in [0.3, 0.4) is 0 Å². The number of hydrogen-bond donors (Lipinski definition) is 2. The van der Waals surface area contributed by atoms with Gasteiger partial charge in [-0.2, -0.15) is 0 Å². The molecule has 0 aliphatic carbocycles. The fraction of sp³-hybridized carbons (Fsp3) is 0.200. The topological polar surface area (TPSA) is 62.9 Å². The highest BCUT2D eigenvalue weighted by molar-refractivity contribution is 6.30. The van der Waals surface area contributed by atoms with Gasteiger partial charge in [0.1, 0.15) is 18.3 Å². The molecule has 28 heavy (non-hydrogen) atoms. The maximum Gasteiger partial charge on any atom is 0.219 e. The highest BCUT2D eigenvalue weighted by atomic mass is 35.5. The molecule has 2 aromatic rings. The Morgan fingerprint density at radius 2 is 1.93 bits per heavy atom. The predicted octanol–water partition coefficient (Wildman–Crippen LogP) is 4.37. The first-order valence-electron chi connectivity index (χ1n) is 8.60. The van der Waals surface area contributed by atoms with Gasteiger partial charge in [0, 0.05) is 11.6 Å². The number of benzene rings is 2. The maximum atomic E-state index is 14.5. The van der Waals surface area contributed by atoms with Crippen molar-refractivity contribution in [3.63, 3.8) is 0 Å². The molecule has 1 heterocycles. The molecule has 1 aliphatic heterocycles. The average molecular weight is 405 g/mol. The smallest absolute Gasteiger partial charge is 0.219 e. The van der Waals surface area contributed by atoms with Gasteiger partial charge in [0.25, 0.3) is 0 Å². The van der Waals surface area contributed by atoms with Crippen LogP contribution in [0.1, 0.15) is 11.1 Å². The van der Waals surface area contributed by atoms with Gasteiger partial charge in [-0.3, -0.25) is 10.6 Å². The molecule has 0 saturated heterocycles. The molecule has 0 saturated carbocycles. The zero-order chi connectivity index (χ0) is 20.1. The van der Waals surface area contributed by atoms with Crippen LogP contribution in [0.5, 0.6) is 0 Å². The lowest BCUT2D eigenvalue weighted by Gasteiger charge is -2.29. The normalized spacial score (nSPS) is 16.9. The molecule has 0 fully saturated rings. The Morgan fingerprint density at radius 1 is 1.25 bits per heavy atom. The molecule has 8 heteroatoms. The molecule has 0 amide bonds. The number of nitrogens with one attached hydrogen (secondary N) is 1. The molecule has 0 bridgehead atoms. The minimum atomic E-state index is -1.32. The van der Waals surface area contributed by atoms with E-state index in [0.29, 0.717) is 22.7 Å². The summed E-state index contributed by atoms with van der Waals surface area (Å²) in [5.41, 5.74) is 1.91. The Kier molecular flexibility index (Phi) is 6.38. The summed E-state index contributed by atoms with van der Waals surface area (Å²) < 4.78 is 27.6. The molecular formula is C20H19ClF2N4O. The molecule has 0 aromatic heterocycles. The zero-order valence-electron chi connectivity index (χ0n) is 14.9. The summed E-state index contributed by atoms with van der Waals surface area (Å²) in [6.07, 6.45) is 1.45. The van der Waals surface area contributed by atoms with E-state index in [-0.39, 0.29) is 24.9 Å². The molecule has 3 rings (SSSR count). The van der Waals surface area contributed by atoms with Crippen LogP contribution < -0.4 is 0 Å². The van der Waals surface area contributed by atoms with Crippen molar-refractivity contribution in [1.82, 2.24) is 9.96 Å². The van der Waals surface area contributed by atoms with Gasteiger partial charge in [-0.15, -0.1) is 0 Å². The maximum absolute atomic E-state index is 14.5. The van der Waals surface area contributed by atoms with Gasteiger partial charge < -0.3 is 4.90 Å². The third-order valence-corrected chi connectivity index (χ3v) is 4.55. The van der Waals surface area contributed by atoms with Crippen LogP contribution >= 0.6 is 11.6 Å². The van der Waals surface area contributed by atoms with Crippen LogP contribution in [-0.4, -0.2) is 46.7 Å². The zero-order valence-corrected chi connectivity index (χ0v) is 15.7. The molecule has 146 valence electrons. The number of nitrogens with zero attached hydrogens (tertiary/aromatic N) is 3. The van der Waals surface area contributed by atoms with Gasteiger partial charge in [0.15, 0.2) is 0 Å². The van der Waals surface area contributed by atoms with Crippen molar-refractivity contribution >= 4 is 29.5 Å². The summed E-state index contributed by atoms with van der Waals surface area (Å²) in [7, 11) is 0. The summed E-state index contributed by atoms with van der Waals surface area (Å²) in [6.45, 7) is 0.433. The molecule has 1 unspecified atom stereocenters. The van der Waals surface area contributed by atoms with Crippen LogP contribution in [0.25, 0.3) is 5.57 Å². The first-order chi connectivity index (χ1) is 13.4. The number of guanidine groups is 1. The lowest BCUT2D eigenvalue weighted by Crippen LogP contribution is -2.39. The van der Waals surface area contributed by atoms with Gasteiger partial charge >= 0.3 is 0 Å². The lowest BCUT2D eigenvalue weighted by atomic mass is 9.98. The van der Waals surface area contributed by atoms with E-state index in [2.05, 4.69) is 4.99 Å². The minimum absolute atomic E-state index is 0.0397. The number of hydroxylamine groups is 2. The summed E-state index contributed by atoms with van der Waals surface area (Å²) in [5.74, 6) is -0.535. The Hall–Kier alpha value is -2.77. The van der Waals surface area contributed by atoms with Crippen LogP contribution in [0.4, 0.5) is 8.78 Å². The van der Waals surface area contributed by atoms with Gasteiger partial charge in [0.05, 0.1) is 13.1 Å². The molecule has 5 nitrogen and oxygen atoms in total.